The van der Waals surface area contributed by atoms with Crippen molar-refractivity contribution in [1.82, 2.24) is 9.36 Å². The van der Waals surface area contributed by atoms with E-state index in [2.05, 4.69) is 20.7 Å². The van der Waals surface area contributed by atoms with Crippen molar-refractivity contribution in [2.24, 2.45) is 0 Å². The van der Waals surface area contributed by atoms with Gasteiger partial charge in [0.25, 0.3) is 0 Å². The third-order valence-corrected chi connectivity index (χ3v) is 5.84. The van der Waals surface area contributed by atoms with Crippen LogP contribution in [0.5, 0.6) is 0 Å². The molecule has 0 spiro atoms. The van der Waals surface area contributed by atoms with E-state index in [1.54, 1.807) is 6.20 Å². The first kappa shape index (κ1) is 18.1. The molecule has 6 nitrogen and oxygen atoms in total. The van der Waals surface area contributed by atoms with Crippen molar-refractivity contribution in [1.29, 1.82) is 10.7 Å². The van der Waals surface area contributed by atoms with E-state index in [1.807, 2.05) is 37.3 Å². The molecule has 1 aromatic carbocycles. The van der Waals surface area contributed by atoms with Crippen LogP contribution in [0.1, 0.15) is 51.8 Å². The monoisotopic (exact) mass is 388 g/mol. The van der Waals surface area contributed by atoms with Gasteiger partial charge in [0.2, 0.25) is 0 Å². The second-order valence-electron chi connectivity index (χ2n) is 6.98. The average molecular weight is 389 g/mol. The minimum absolute atomic E-state index is 0.0767. The van der Waals surface area contributed by atoms with Crippen LogP contribution in [-0.2, 0) is 6.42 Å². The second kappa shape index (κ2) is 7.41. The number of aromatic nitrogens is 2. The van der Waals surface area contributed by atoms with Gasteiger partial charge in [0.05, 0.1) is 33.6 Å². The fraction of sp³-hybridized carbons (Fsp3) is 0.238. The lowest BCUT2D eigenvalue weighted by molar-refractivity contribution is 0.583. The Morgan fingerprint density at radius 2 is 2.21 bits per heavy atom. The maximum absolute atomic E-state index is 9.10. The van der Waals surface area contributed by atoms with Crippen LogP contribution in [0.25, 0.3) is 0 Å². The fourth-order valence-corrected chi connectivity index (χ4v) is 4.27. The van der Waals surface area contributed by atoms with Crippen LogP contribution in [0.15, 0.2) is 36.5 Å². The third kappa shape index (κ3) is 3.47. The summed E-state index contributed by atoms with van der Waals surface area (Å²) in [5.74, 6) is 0. The SMILES string of the molecule is Cc1cc(C(=N)c2cc(NC3CCCc4cc(C#N)cnc43)ccc2N)sn1. The summed E-state index contributed by atoms with van der Waals surface area (Å²) in [7, 11) is 0. The number of rotatable bonds is 4. The summed E-state index contributed by atoms with van der Waals surface area (Å²) >= 11 is 1.31. The molecule has 1 unspecified atom stereocenters. The first-order valence-electron chi connectivity index (χ1n) is 9.12. The Morgan fingerprint density at radius 3 is 2.96 bits per heavy atom. The minimum atomic E-state index is 0.0767. The zero-order chi connectivity index (χ0) is 19.7. The normalized spacial score (nSPS) is 15.5. The molecule has 1 aliphatic carbocycles. The highest BCUT2D eigenvalue weighted by molar-refractivity contribution is 7.08. The van der Waals surface area contributed by atoms with Gasteiger partial charge in [0.1, 0.15) is 6.07 Å². The maximum Gasteiger partial charge on any atom is 0.101 e. The van der Waals surface area contributed by atoms with E-state index >= 15 is 0 Å². The number of nitriles is 1. The molecule has 140 valence electrons. The van der Waals surface area contributed by atoms with E-state index in [0.29, 0.717) is 22.5 Å². The van der Waals surface area contributed by atoms with Crippen molar-refractivity contribution < 1.29 is 0 Å². The highest BCUT2D eigenvalue weighted by atomic mass is 32.1. The first-order chi connectivity index (χ1) is 13.5. The number of pyridine rings is 1. The van der Waals surface area contributed by atoms with Gasteiger partial charge in [-0.3, -0.25) is 10.4 Å². The van der Waals surface area contributed by atoms with Gasteiger partial charge in [-0.2, -0.15) is 9.64 Å². The van der Waals surface area contributed by atoms with Crippen LogP contribution in [0.2, 0.25) is 0 Å². The Kier molecular flexibility index (Phi) is 4.80. The van der Waals surface area contributed by atoms with E-state index in [0.717, 1.165) is 46.8 Å². The van der Waals surface area contributed by atoms with Crippen LogP contribution < -0.4 is 11.1 Å². The lowest BCUT2D eigenvalue weighted by Gasteiger charge is -2.26. The highest BCUT2D eigenvalue weighted by Gasteiger charge is 2.22. The van der Waals surface area contributed by atoms with E-state index in [1.165, 1.54) is 11.5 Å². The number of hydrogen-bond donors (Lipinski definition) is 3. The van der Waals surface area contributed by atoms with Crippen LogP contribution in [0, 0.1) is 23.7 Å². The van der Waals surface area contributed by atoms with Crippen molar-refractivity contribution in [3.63, 3.8) is 0 Å². The molecule has 7 heteroatoms. The number of hydrogen-bond acceptors (Lipinski definition) is 7. The Balaban J connectivity index is 1.62. The van der Waals surface area contributed by atoms with E-state index in [-0.39, 0.29) is 6.04 Å². The summed E-state index contributed by atoms with van der Waals surface area (Å²) in [5, 5.41) is 21.2. The summed E-state index contributed by atoms with van der Waals surface area (Å²) in [6.45, 7) is 1.92. The van der Waals surface area contributed by atoms with Gasteiger partial charge in [0.15, 0.2) is 0 Å². The number of benzene rings is 1. The number of aryl methyl sites for hydroxylation is 2. The summed E-state index contributed by atoms with van der Waals surface area (Å²) in [4.78, 5) is 5.34. The standard InChI is InChI=1S/C21H20N6S/c1-12-7-19(28-27-12)20(24)16-9-15(5-6-17(16)23)26-18-4-2-3-14-8-13(10-22)11-25-21(14)18/h5-9,11,18,24,26H,2-4,23H2,1H3. The Morgan fingerprint density at radius 1 is 1.36 bits per heavy atom. The molecule has 2 heterocycles. The molecule has 0 amide bonds. The number of fused-ring (bicyclic) bond motifs is 1. The van der Waals surface area contributed by atoms with Gasteiger partial charge in [-0.25, -0.2) is 0 Å². The van der Waals surface area contributed by atoms with Gasteiger partial charge < -0.3 is 11.1 Å². The van der Waals surface area contributed by atoms with Gasteiger partial charge in [-0.05, 0) is 73.6 Å². The van der Waals surface area contributed by atoms with Crippen LogP contribution >= 0.6 is 11.5 Å². The van der Waals surface area contributed by atoms with E-state index < -0.39 is 0 Å². The largest absolute Gasteiger partial charge is 0.398 e. The highest BCUT2D eigenvalue weighted by Crippen LogP contribution is 2.32. The number of nitrogen functional groups attached to an aromatic ring is 1. The molecular weight excluding hydrogens is 368 g/mol. The van der Waals surface area contributed by atoms with Crippen molar-refractivity contribution >= 4 is 28.6 Å². The average Bonchev–Trinajstić information content (AvgIpc) is 3.15. The summed E-state index contributed by atoms with van der Waals surface area (Å²) in [6, 6.07) is 11.8. The molecule has 4 rings (SSSR count). The van der Waals surface area contributed by atoms with Crippen LogP contribution in [-0.4, -0.2) is 15.1 Å². The van der Waals surface area contributed by atoms with Gasteiger partial charge >= 0.3 is 0 Å². The van der Waals surface area contributed by atoms with Crippen molar-refractivity contribution in [2.45, 2.75) is 32.2 Å². The first-order valence-corrected chi connectivity index (χ1v) is 9.90. The molecule has 0 saturated carbocycles. The molecular formula is C21H20N6S. The molecule has 0 saturated heterocycles. The lowest BCUT2D eigenvalue weighted by atomic mass is 9.91. The molecule has 0 fully saturated rings. The summed E-state index contributed by atoms with van der Waals surface area (Å²) < 4.78 is 4.26. The van der Waals surface area contributed by atoms with Gasteiger partial charge in [-0.1, -0.05) is 0 Å². The number of nitrogens with one attached hydrogen (secondary N) is 2. The molecule has 2 aromatic heterocycles. The van der Waals surface area contributed by atoms with Gasteiger partial charge in [-0.15, -0.1) is 0 Å². The molecule has 0 radical (unpaired) electrons. The predicted octanol–water partition coefficient (Wildman–Crippen LogP) is 4.21. The van der Waals surface area contributed by atoms with Crippen LogP contribution in [0.4, 0.5) is 11.4 Å². The van der Waals surface area contributed by atoms with Crippen molar-refractivity contribution in [2.75, 3.05) is 11.1 Å². The molecule has 4 N–H and O–H groups in total. The Hall–Kier alpha value is -3.24. The zero-order valence-electron chi connectivity index (χ0n) is 15.5. The Labute approximate surface area is 167 Å². The number of nitrogens with two attached hydrogens (primary N) is 1. The second-order valence-corrected chi connectivity index (χ2v) is 7.78. The molecule has 0 bridgehead atoms. The minimum Gasteiger partial charge on any atom is -0.398 e. The van der Waals surface area contributed by atoms with Gasteiger partial charge in [0, 0.05) is 23.1 Å². The van der Waals surface area contributed by atoms with E-state index in [9.17, 15) is 0 Å². The fourth-order valence-electron chi connectivity index (χ4n) is 3.55. The molecule has 0 aliphatic heterocycles. The number of anilines is 2. The smallest absolute Gasteiger partial charge is 0.101 e. The Bertz CT molecular complexity index is 1090. The molecule has 3 aromatic rings. The summed E-state index contributed by atoms with van der Waals surface area (Å²) in [5.41, 5.74) is 12.3. The maximum atomic E-state index is 9.10. The topological polar surface area (TPSA) is 111 Å². The summed E-state index contributed by atoms with van der Waals surface area (Å²) in [6.07, 6.45) is 4.59. The quantitative estimate of drug-likeness (QED) is 0.458. The molecule has 1 aliphatic rings. The lowest BCUT2D eigenvalue weighted by Crippen LogP contribution is -2.19. The van der Waals surface area contributed by atoms with Crippen molar-refractivity contribution in [3.8, 4) is 6.07 Å². The third-order valence-electron chi connectivity index (χ3n) is 4.94. The van der Waals surface area contributed by atoms with E-state index in [4.69, 9.17) is 16.4 Å². The predicted molar refractivity (Wildman–Crippen MR) is 112 cm³/mol. The van der Waals surface area contributed by atoms with Crippen molar-refractivity contribution in [3.05, 3.63) is 69.5 Å². The zero-order valence-corrected chi connectivity index (χ0v) is 16.3. The van der Waals surface area contributed by atoms with Crippen LogP contribution in [0.3, 0.4) is 0 Å². The molecule has 28 heavy (non-hydrogen) atoms. The molecule has 1 atom stereocenters. The number of nitrogens with zero attached hydrogens (tertiary/aromatic N) is 3.